The van der Waals surface area contributed by atoms with Crippen molar-refractivity contribution in [1.82, 2.24) is 0 Å². The number of allylic oxidation sites excluding steroid dienone is 12. The minimum absolute atomic E-state index is 0.0645. The van der Waals surface area contributed by atoms with E-state index in [4.69, 9.17) is 0 Å². The lowest BCUT2D eigenvalue weighted by Crippen LogP contribution is -2.42. The second kappa shape index (κ2) is 15.2. The highest BCUT2D eigenvalue weighted by Gasteiger charge is 2.55. The number of hydrogen-bond acceptors (Lipinski definition) is 2. The van der Waals surface area contributed by atoms with Gasteiger partial charge in [0.05, 0.1) is 17.0 Å². The first-order chi connectivity index (χ1) is 31.9. The molecule has 1 aliphatic heterocycles. The molecule has 65 heavy (non-hydrogen) atoms. The average Bonchev–Trinajstić information content (AvgIpc) is 3.89. The summed E-state index contributed by atoms with van der Waals surface area (Å²) in [6.07, 6.45) is 24.2. The summed E-state index contributed by atoms with van der Waals surface area (Å²) in [6, 6.07) is 58.5. The zero-order chi connectivity index (χ0) is 43.9. The second-order valence-corrected chi connectivity index (χ2v) is 18.9. The van der Waals surface area contributed by atoms with Gasteiger partial charge in [-0.2, -0.15) is 0 Å². The standard InChI is InChI=1S/C63H54N2/c1-5-18-55-43(3)54-39-42(2)61(41-59(54)63(55)56-26-15-12-23-51(56)52-24-13-16-27-57(52)63)64(48-33-29-45(30-34-48)44-19-8-6-9-20-44)49-35-31-46(32-36-49)47-37-38-62(4)58(40-47)53-25-14-17-28-60(53)65(62)50-21-10-7-11-22-50/h5-12,14-23,25-42,58,61H,13,24H2,1-4H3/b18-5-. The zero-order valence-electron chi connectivity index (χ0n) is 37.7. The van der Waals surface area contributed by atoms with Crippen molar-refractivity contribution in [3.05, 3.63) is 263 Å². The van der Waals surface area contributed by atoms with E-state index >= 15 is 0 Å². The molecule has 0 amide bonds. The molecule has 0 bridgehead atoms. The Kier molecular flexibility index (Phi) is 9.25. The molecule has 6 aliphatic rings. The van der Waals surface area contributed by atoms with Crippen molar-refractivity contribution in [2.75, 3.05) is 9.80 Å². The van der Waals surface area contributed by atoms with Gasteiger partial charge in [-0.15, -0.1) is 0 Å². The van der Waals surface area contributed by atoms with E-state index in [2.05, 4.69) is 250 Å². The topological polar surface area (TPSA) is 6.48 Å². The van der Waals surface area contributed by atoms with Gasteiger partial charge in [-0.3, -0.25) is 0 Å². The molecule has 5 unspecified atom stereocenters. The van der Waals surface area contributed by atoms with Gasteiger partial charge in [-0.05, 0) is 154 Å². The molecule has 316 valence electrons. The van der Waals surface area contributed by atoms with Crippen LogP contribution in [0.4, 0.5) is 22.7 Å². The van der Waals surface area contributed by atoms with Crippen LogP contribution in [0.3, 0.4) is 0 Å². The van der Waals surface area contributed by atoms with Crippen molar-refractivity contribution in [3.63, 3.8) is 0 Å². The van der Waals surface area contributed by atoms with Crippen molar-refractivity contribution in [3.8, 4) is 11.1 Å². The van der Waals surface area contributed by atoms with E-state index < -0.39 is 0 Å². The van der Waals surface area contributed by atoms with E-state index in [-0.39, 0.29) is 28.8 Å². The van der Waals surface area contributed by atoms with Gasteiger partial charge in [0.1, 0.15) is 0 Å². The van der Waals surface area contributed by atoms with Gasteiger partial charge in [0.2, 0.25) is 0 Å². The fourth-order valence-electron chi connectivity index (χ4n) is 12.4. The summed E-state index contributed by atoms with van der Waals surface area (Å²) in [5, 5.41) is 0. The van der Waals surface area contributed by atoms with Gasteiger partial charge in [0.25, 0.3) is 0 Å². The first-order valence-corrected chi connectivity index (χ1v) is 23.6. The molecular formula is C63H54N2. The molecule has 0 radical (unpaired) electrons. The van der Waals surface area contributed by atoms with Crippen molar-refractivity contribution < 1.29 is 0 Å². The lowest BCUT2D eigenvalue weighted by molar-refractivity contribution is 0.544. The monoisotopic (exact) mass is 838 g/mol. The van der Waals surface area contributed by atoms with E-state index in [1.807, 2.05) is 0 Å². The number of hydrogen-bond donors (Lipinski definition) is 0. The largest absolute Gasteiger partial charge is 0.334 e. The highest BCUT2D eigenvalue weighted by atomic mass is 15.2. The van der Waals surface area contributed by atoms with Crippen molar-refractivity contribution in [2.45, 2.75) is 63.5 Å². The van der Waals surface area contributed by atoms with Crippen LogP contribution in [-0.2, 0) is 5.41 Å². The number of anilines is 4. The molecule has 5 atom stereocenters. The number of nitrogens with zero attached hydrogens (tertiary/aromatic N) is 2. The number of rotatable bonds is 7. The fraction of sp³-hybridized carbons (Fsp3) is 0.175. The maximum absolute atomic E-state index is 2.66. The van der Waals surface area contributed by atoms with Crippen molar-refractivity contribution in [2.24, 2.45) is 5.92 Å². The van der Waals surface area contributed by atoms with E-state index in [0.717, 1.165) is 12.8 Å². The molecule has 12 rings (SSSR count). The summed E-state index contributed by atoms with van der Waals surface area (Å²) in [4.78, 5) is 5.14. The third kappa shape index (κ3) is 5.86. The molecule has 6 aromatic carbocycles. The Balaban J connectivity index is 0.974. The van der Waals surface area contributed by atoms with Gasteiger partial charge in [-0.25, -0.2) is 0 Å². The van der Waals surface area contributed by atoms with Crippen LogP contribution >= 0.6 is 0 Å². The molecular weight excluding hydrogens is 785 g/mol. The predicted octanol–water partition coefficient (Wildman–Crippen LogP) is 16.0. The number of benzene rings is 6. The Bertz CT molecular complexity index is 3130. The highest BCUT2D eigenvalue weighted by molar-refractivity contribution is 5.93. The SMILES string of the molecule is C/C=C\C1=C(C)C2=CC(C)C(N(c3ccc(C4=CC5c6ccccc6N(c6ccccc6)C5(C)C=C4)cc3)c3ccc(-c4ccccc4)cc3)C=C2C12C1=C(CCC=C1)c1ccccc12. The first-order valence-electron chi connectivity index (χ1n) is 23.6. The van der Waals surface area contributed by atoms with Crippen LogP contribution in [0.15, 0.2) is 240 Å². The van der Waals surface area contributed by atoms with Crippen LogP contribution in [-0.4, -0.2) is 11.6 Å². The quantitative estimate of drug-likeness (QED) is 0.158. The number of fused-ring (bicyclic) bond motifs is 9. The molecule has 0 saturated carbocycles. The molecule has 0 saturated heterocycles. The van der Waals surface area contributed by atoms with Crippen molar-refractivity contribution in [1.29, 1.82) is 0 Å². The van der Waals surface area contributed by atoms with E-state index in [1.165, 1.54) is 95.1 Å². The smallest absolute Gasteiger partial charge is 0.0716 e. The maximum atomic E-state index is 2.66. The van der Waals surface area contributed by atoms with E-state index in [0.29, 0.717) is 0 Å². The third-order valence-electron chi connectivity index (χ3n) is 15.4. The molecule has 0 aromatic heterocycles. The molecule has 6 aromatic rings. The van der Waals surface area contributed by atoms with Crippen molar-refractivity contribution >= 4 is 33.9 Å². The Labute approximate surface area is 385 Å². The average molecular weight is 839 g/mol. The maximum Gasteiger partial charge on any atom is 0.0716 e. The Morgan fingerprint density at radius 3 is 2.09 bits per heavy atom. The molecule has 2 nitrogen and oxygen atoms in total. The first kappa shape index (κ1) is 39.4. The molecule has 0 N–H and O–H groups in total. The summed E-state index contributed by atoms with van der Waals surface area (Å²) < 4.78 is 0. The summed E-state index contributed by atoms with van der Waals surface area (Å²) in [5.41, 5.74) is 22.1. The minimum atomic E-state index is -0.348. The molecule has 0 fully saturated rings. The van der Waals surface area contributed by atoms with Gasteiger partial charge in [0, 0.05) is 28.7 Å². The zero-order valence-corrected chi connectivity index (χ0v) is 37.7. The van der Waals surface area contributed by atoms with Crippen LogP contribution in [0.1, 0.15) is 68.7 Å². The van der Waals surface area contributed by atoms with Crippen LogP contribution in [0.5, 0.6) is 0 Å². The lowest BCUT2D eigenvalue weighted by Gasteiger charge is -2.41. The molecule has 1 spiro atoms. The van der Waals surface area contributed by atoms with Crippen LogP contribution in [0.25, 0.3) is 22.3 Å². The molecule has 5 aliphatic carbocycles. The van der Waals surface area contributed by atoms with E-state index in [9.17, 15) is 0 Å². The molecule has 1 heterocycles. The van der Waals surface area contributed by atoms with Gasteiger partial charge >= 0.3 is 0 Å². The van der Waals surface area contributed by atoms with Gasteiger partial charge in [0.15, 0.2) is 0 Å². The molecule has 2 heteroatoms. The Morgan fingerprint density at radius 2 is 1.34 bits per heavy atom. The number of para-hydroxylation sites is 2. The van der Waals surface area contributed by atoms with Gasteiger partial charge < -0.3 is 9.80 Å². The summed E-state index contributed by atoms with van der Waals surface area (Å²) in [5.74, 6) is 0.454. The Morgan fingerprint density at radius 1 is 0.677 bits per heavy atom. The summed E-state index contributed by atoms with van der Waals surface area (Å²) in [6.45, 7) is 9.34. The van der Waals surface area contributed by atoms with Crippen LogP contribution in [0, 0.1) is 5.92 Å². The minimum Gasteiger partial charge on any atom is -0.334 e. The third-order valence-corrected chi connectivity index (χ3v) is 15.4. The normalized spacial score (nSPS) is 24.7. The second-order valence-electron chi connectivity index (χ2n) is 18.9. The predicted molar refractivity (Wildman–Crippen MR) is 274 cm³/mol. The van der Waals surface area contributed by atoms with Crippen LogP contribution in [0.2, 0.25) is 0 Å². The van der Waals surface area contributed by atoms with E-state index in [1.54, 1.807) is 0 Å². The van der Waals surface area contributed by atoms with Crippen LogP contribution < -0.4 is 9.80 Å². The highest BCUT2D eigenvalue weighted by Crippen LogP contribution is 2.65. The summed E-state index contributed by atoms with van der Waals surface area (Å²) >= 11 is 0. The Hall–Kier alpha value is -7.16. The summed E-state index contributed by atoms with van der Waals surface area (Å²) in [7, 11) is 0. The lowest BCUT2D eigenvalue weighted by atomic mass is 9.66. The van der Waals surface area contributed by atoms with Gasteiger partial charge in [-0.1, -0.05) is 177 Å². The fourth-order valence-corrected chi connectivity index (χ4v) is 12.4.